The third-order valence-electron chi connectivity index (χ3n) is 5.09. The van der Waals surface area contributed by atoms with Crippen LogP contribution >= 0.6 is 0 Å². The number of benzene rings is 2. The first-order valence-electron chi connectivity index (χ1n) is 10.5. The van der Waals surface area contributed by atoms with Gasteiger partial charge in [-0.2, -0.15) is 0 Å². The number of carbonyl (C=O) groups excluding carboxylic acids is 1. The van der Waals surface area contributed by atoms with E-state index in [2.05, 4.69) is 61.6 Å². The molecule has 0 atom stereocenters. The Bertz CT molecular complexity index is 994. The minimum Gasteiger partial charge on any atom is -0.494 e. The van der Waals surface area contributed by atoms with Crippen LogP contribution in [0.15, 0.2) is 42.5 Å². The van der Waals surface area contributed by atoms with Gasteiger partial charge in [-0.25, -0.2) is 4.98 Å². The van der Waals surface area contributed by atoms with Gasteiger partial charge >= 0.3 is 0 Å². The van der Waals surface area contributed by atoms with Crippen molar-refractivity contribution in [3.63, 3.8) is 0 Å². The summed E-state index contributed by atoms with van der Waals surface area (Å²) < 4.78 is 7.99. The topological polar surface area (TPSA) is 59.4 Å². The number of ether oxygens (including phenoxy) is 1. The zero-order valence-electron chi connectivity index (χ0n) is 18.4. The molecule has 0 aliphatic heterocycles. The second kappa shape index (κ2) is 10.3. The number of amides is 1. The van der Waals surface area contributed by atoms with Gasteiger partial charge in [0.15, 0.2) is 0 Å². The molecular weight excluding hydrogens is 376 g/mol. The summed E-state index contributed by atoms with van der Waals surface area (Å²) in [6, 6.07) is 14.5. The zero-order valence-corrected chi connectivity index (χ0v) is 18.4. The number of rotatable bonds is 10. The average molecular weight is 409 g/mol. The van der Waals surface area contributed by atoms with E-state index in [4.69, 9.17) is 9.72 Å². The molecule has 3 rings (SSSR count). The molecule has 1 aromatic heterocycles. The fraction of sp³-hybridized carbons (Fsp3) is 0.417. The van der Waals surface area contributed by atoms with Crippen LogP contribution in [0.3, 0.4) is 0 Å². The van der Waals surface area contributed by atoms with Crippen molar-refractivity contribution in [3.8, 4) is 5.75 Å². The van der Waals surface area contributed by atoms with Crippen molar-refractivity contribution in [2.75, 3.05) is 27.7 Å². The molecule has 0 bridgehead atoms. The van der Waals surface area contributed by atoms with Crippen LogP contribution in [0.2, 0.25) is 0 Å². The van der Waals surface area contributed by atoms with Gasteiger partial charge in [0.05, 0.1) is 17.6 Å². The average Bonchev–Trinajstić information content (AvgIpc) is 3.07. The van der Waals surface area contributed by atoms with Crippen molar-refractivity contribution >= 4 is 16.9 Å². The highest BCUT2D eigenvalue weighted by molar-refractivity contribution is 5.81. The second-order valence-corrected chi connectivity index (χ2v) is 7.80. The molecule has 2 aromatic carbocycles. The Balaban J connectivity index is 1.67. The molecule has 3 aromatic rings. The van der Waals surface area contributed by atoms with Gasteiger partial charge in [-0.15, -0.1) is 0 Å². The number of carbonyl (C=O) groups is 1. The summed E-state index contributed by atoms with van der Waals surface area (Å²) in [4.78, 5) is 19.0. The van der Waals surface area contributed by atoms with E-state index in [0.29, 0.717) is 6.61 Å². The van der Waals surface area contributed by atoms with E-state index < -0.39 is 0 Å². The molecule has 0 aliphatic rings. The number of imidazole rings is 1. The highest BCUT2D eigenvalue weighted by atomic mass is 16.5. The Morgan fingerprint density at radius 1 is 1.17 bits per heavy atom. The standard InChI is InChI=1S/C24H32N4O2/c1-5-18-11-12-22-21(15-18)26-23(28(22)17-24(29)25-2)10-7-13-30-20-9-6-8-19(14-20)16-27(3)4/h6,8-9,11-12,14-15H,5,7,10,13,16-17H2,1-4H3,(H,25,29). The maximum Gasteiger partial charge on any atom is 0.239 e. The summed E-state index contributed by atoms with van der Waals surface area (Å²) in [6.45, 7) is 3.91. The molecule has 6 heteroatoms. The fourth-order valence-corrected chi connectivity index (χ4v) is 3.55. The van der Waals surface area contributed by atoms with Gasteiger partial charge in [0.25, 0.3) is 0 Å². The molecule has 0 spiro atoms. The number of fused-ring (bicyclic) bond motifs is 1. The summed E-state index contributed by atoms with van der Waals surface area (Å²) in [5, 5.41) is 2.71. The molecule has 0 aliphatic carbocycles. The Labute approximate surface area is 178 Å². The Morgan fingerprint density at radius 2 is 2.00 bits per heavy atom. The lowest BCUT2D eigenvalue weighted by molar-refractivity contribution is -0.121. The van der Waals surface area contributed by atoms with E-state index in [1.807, 2.05) is 16.7 Å². The van der Waals surface area contributed by atoms with Crippen LogP contribution in [0, 0.1) is 0 Å². The summed E-state index contributed by atoms with van der Waals surface area (Å²) in [5.41, 5.74) is 4.44. The van der Waals surface area contributed by atoms with Crippen molar-refractivity contribution in [2.45, 2.75) is 39.3 Å². The number of nitrogens with one attached hydrogen (secondary N) is 1. The van der Waals surface area contributed by atoms with E-state index in [9.17, 15) is 4.79 Å². The third-order valence-corrected chi connectivity index (χ3v) is 5.09. The highest BCUT2D eigenvalue weighted by Gasteiger charge is 2.13. The Hall–Kier alpha value is -2.86. The van der Waals surface area contributed by atoms with Crippen molar-refractivity contribution in [3.05, 3.63) is 59.4 Å². The minimum atomic E-state index is -0.0240. The smallest absolute Gasteiger partial charge is 0.239 e. The van der Waals surface area contributed by atoms with Crippen LogP contribution in [0.1, 0.15) is 30.3 Å². The van der Waals surface area contributed by atoms with Gasteiger partial charge in [0, 0.05) is 20.0 Å². The summed E-state index contributed by atoms with van der Waals surface area (Å²) >= 11 is 0. The summed E-state index contributed by atoms with van der Waals surface area (Å²) in [7, 11) is 5.78. The fourth-order valence-electron chi connectivity index (χ4n) is 3.55. The van der Waals surface area contributed by atoms with Crippen LogP contribution in [0.5, 0.6) is 5.75 Å². The van der Waals surface area contributed by atoms with E-state index in [1.54, 1.807) is 7.05 Å². The Morgan fingerprint density at radius 3 is 2.73 bits per heavy atom. The third kappa shape index (κ3) is 5.60. The van der Waals surface area contributed by atoms with Gasteiger partial charge in [-0.1, -0.05) is 25.1 Å². The highest BCUT2D eigenvalue weighted by Crippen LogP contribution is 2.20. The lowest BCUT2D eigenvalue weighted by atomic mass is 10.1. The number of hydrogen-bond donors (Lipinski definition) is 1. The van der Waals surface area contributed by atoms with Crippen molar-refractivity contribution < 1.29 is 9.53 Å². The molecule has 0 radical (unpaired) electrons. The SMILES string of the molecule is CCc1ccc2c(c1)nc(CCCOc1cccc(CN(C)C)c1)n2CC(=O)NC. The quantitative estimate of drug-likeness (QED) is 0.522. The first-order chi connectivity index (χ1) is 14.5. The number of hydrogen-bond acceptors (Lipinski definition) is 4. The minimum absolute atomic E-state index is 0.0240. The molecule has 0 fully saturated rings. The van der Waals surface area contributed by atoms with Gasteiger partial charge < -0.3 is 19.5 Å². The molecule has 0 saturated carbocycles. The first kappa shape index (κ1) is 21.8. The molecule has 30 heavy (non-hydrogen) atoms. The van der Waals surface area contributed by atoms with E-state index in [1.165, 1.54) is 11.1 Å². The molecule has 1 heterocycles. The van der Waals surface area contributed by atoms with Crippen molar-refractivity contribution in [1.29, 1.82) is 0 Å². The normalized spacial score (nSPS) is 11.2. The van der Waals surface area contributed by atoms with Crippen molar-refractivity contribution in [2.24, 2.45) is 0 Å². The number of aryl methyl sites for hydroxylation is 2. The summed E-state index contributed by atoms with van der Waals surface area (Å²) in [6.07, 6.45) is 2.55. The maximum atomic E-state index is 12.0. The van der Waals surface area contributed by atoms with Gasteiger partial charge in [0.2, 0.25) is 5.91 Å². The van der Waals surface area contributed by atoms with E-state index in [-0.39, 0.29) is 12.5 Å². The predicted octanol–water partition coefficient (Wildman–Crippen LogP) is 3.42. The number of likely N-dealkylation sites (N-methyl/N-ethyl adjacent to an activating group) is 1. The summed E-state index contributed by atoms with van der Waals surface area (Å²) in [5.74, 6) is 1.79. The number of nitrogens with zero attached hydrogens (tertiary/aromatic N) is 3. The molecule has 0 unspecified atom stereocenters. The second-order valence-electron chi connectivity index (χ2n) is 7.80. The molecule has 1 N–H and O–H groups in total. The van der Waals surface area contributed by atoms with E-state index >= 15 is 0 Å². The lowest BCUT2D eigenvalue weighted by Gasteiger charge is -2.12. The Kier molecular flexibility index (Phi) is 7.46. The maximum absolute atomic E-state index is 12.0. The van der Waals surface area contributed by atoms with Crippen LogP contribution in [0.25, 0.3) is 11.0 Å². The van der Waals surface area contributed by atoms with Crippen LogP contribution in [-0.4, -0.2) is 48.1 Å². The van der Waals surface area contributed by atoms with Gasteiger partial charge in [-0.05, 0) is 62.3 Å². The van der Waals surface area contributed by atoms with E-state index in [0.717, 1.165) is 48.4 Å². The van der Waals surface area contributed by atoms with Crippen LogP contribution in [0.4, 0.5) is 0 Å². The van der Waals surface area contributed by atoms with Crippen LogP contribution < -0.4 is 10.1 Å². The lowest BCUT2D eigenvalue weighted by Crippen LogP contribution is -2.24. The molecule has 6 nitrogen and oxygen atoms in total. The van der Waals surface area contributed by atoms with Gasteiger partial charge in [0.1, 0.15) is 18.1 Å². The zero-order chi connectivity index (χ0) is 21.5. The molecule has 1 amide bonds. The molecule has 0 saturated heterocycles. The largest absolute Gasteiger partial charge is 0.494 e. The predicted molar refractivity (Wildman–Crippen MR) is 121 cm³/mol. The first-order valence-corrected chi connectivity index (χ1v) is 10.5. The molecule has 160 valence electrons. The monoisotopic (exact) mass is 408 g/mol. The van der Waals surface area contributed by atoms with Crippen molar-refractivity contribution in [1.82, 2.24) is 19.8 Å². The van der Waals surface area contributed by atoms with Gasteiger partial charge in [-0.3, -0.25) is 4.79 Å². The van der Waals surface area contributed by atoms with Crippen LogP contribution in [-0.2, 0) is 30.7 Å². The number of aromatic nitrogens is 2. The molecular formula is C24H32N4O2.